The smallest absolute Gasteiger partial charge is 0.0795 e. The van der Waals surface area contributed by atoms with E-state index in [1.165, 1.54) is 10.3 Å². The van der Waals surface area contributed by atoms with Crippen LogP contribution in [-0.2, 0) is 0 Å². The number of thiazole rings is 1. The third kappa shape index (κ3) is 2.07. The fourth-order valence-electron chi connectivity index (χ4n) is 1.98. The molecule has 90 valence electrons. The van der Waals surface area contributed by atoms with Crippen LogP contribution in [0.2, 0.25) is 0 Å². The van der Waals surface area contributed by atoms with Gasteiger partial charge >= 0.3 is 0 Å². The molecule has 3 nitrogen and oxygen atoms in total. The van der Waals surface area contributed by atoms with Crippen LogP contribution in [0.5, 0.6) is 0 Å². The average molecular weight is 255 g/mol. The zero-order valence-corrected chi connectivity index (χ0v) is 10.8. The lowest BCUT2D eigenvalue weighted by molar-refractivity contribution is 0.905. The second-order valence-corrected chi connectivity index (χ2v) is 5.09. The monoisotopic (exact) mass is 255 g/mol. The lowest BCUT2D eigenvalue weighted by Crippen LogP contribution is -2.05. The summed E-state index contributed by atoms with van der Waals surface area (Å²) in [6.07, 6.45) is 5.63. The Morgan fingerprint density at radius 2 is 2.11 bits per heavy atom. The number of pyridine rings is 1. The highest BCUT2D eigenvalue weighted by Crippen LogP contribution is 2.27. The highest BCUT2D eigenvalue weighted by Gasteiger charge is 2.08. The minimum Gasteiger partial charge on any atom is -0.377 e. The molecule has 18 heavy (non-hydrogen) atoms. The molecule has 1 unspecified atom stereocenters. The molecule has 0 bridgehead atoms. The summed E-state index contributed by atoms with van der Waals surface area (Å²) in [5, 5.41) is 5.87. The highest BCUT2D eigenvalue weighted by molar-refractivity contribution is 7.09. The fraction of sp³-hybridized carbons (Fsp3) is 0.143. The van der Waals surface area contributed by atoms with Gasteiger partial charge in [-0.2, -0.15) is 0 Å². The molecule has 3 rings (SSSR count). The summed E-state index contributed by atoms with van der Waals surface area (Å²) in [5.41, 5.74) is 2.97. The molecule has 0 radical (unpaired) electrons. The van der Waals surface area contributed by atoms with Crippen molar-refractivity contribution in [3.05, 3.63) is 53.2 Å². The number of fused-ring (bicyclic) bond motifs is 1. The minimum absolute atomic E-state index is 0.253. The molecule has 0 fully saturated rings. The van der Waals surface area contributed by atoms with Crippen molar-refractivity contribution in [2.24, 2.45) is 0 Å². The summed E-state index contributed by atoms with van der Waals surface area (Å²) in [7, 11) is 0. The van der Waals surface area contributed by atoms with Gasteiger partial charge in [-0.25, -0.2) is 0 Å². The summed E-state index contributed by atoms with van der Waals surface area (Å²) >= 11 is 1.67. The first-order valence-corrected chi connectivity index (χ1v) is 6.70. The van der Waals surface area contributed by atoms with Gasteiger partial charge in [0, 0.05) is 34.5 Å². The predicted molar refractivity (Wildman–Crippen MR) is 75.9 cm³/mol. The predicted octanol–water partition coefficient (Wildman–Crippen LogP) is 3.86. The van der Waals surface area contributed by atoms with Crippen LogP contribution in [0.1, 0.15) is 17.8 Å². The topological polar surface area (TPSA) is 37.8 Å². The van der Waals surface area contributed by atoms with E-state index in [1.54, 1.807) is 11.3 Å². The lowest BCUT2D eigenvalue weighted by atomic mass is 10.1. The third-order valence-electron chi connectivity index (χ3n) is 2.93. The Kier molecular flexibility index (Phi) is 2.94. The molecule has 1 aromatic carbocycles. The van der Waals surface area contributed by atoms with Crippen LogP contribution in [0, 0.1) is 0 Å². The molecule has 0 saturated heterocycles. The lowest BCUT2D eigenvalue weighted by Gasteiger charge is -2.15. The zero-order valence-electron chi connectivity index (χ0n) is 10.00. The Bertz CT molecular complexity index is 644. The van der Waals surface area contributed by atoms with Gasteiger partial charge < -0.3 is 5.32 Å². The maximum absolute atomic E-state index is 4.19. The van der Waals surface area contributed by atoms with Crippen molar-refractivity contribution >= 4 is 27.8 Å². The standard InChI is InChI=1S/C14H13N3S/c1-10(14-8-16-9-18-14)17-13-4-2-3-11-5-6-15-7-12(11)13/h2-10,17H,1H3. The summed E-state index contributed by atoms with van der Waals surface area (Å²) in [4.78, 5) is 9.54. The Labute approximate surface area is 110 Å². The molecule has 4 heteroatoms. The zero-order chi connectivity index (χ0) is 12.4. The van der Waals surface area contributed by atoms with Gasteiger partial charge in [-0.05, 0) is 24.4 Å². The Morgan fingerprint density at radius 3 is 2.94 bits per heavy atom. The number of aromatic nitrogens is 2. The van der Waals surface area contributed by atoms with E-state index in [4.69, 9.17) is 0 Å². The molecule has 2 heterocycles. The molecule has 2 aromatic heterocycles. The number of hydrogen-bond acceptors (Lipinski definition) is 4. The molecule has 0 aliphatic heterocycles. The molecule has 1 N–H and O–H groups in total. The molecule has 0 saturated carbocycles. The van der Waals surface area contributed by atoms with E-state index in [0.29, 0.717) is 0 Å². The van der Waals surface area contributed by atoms with Gasteiger partial charge in [0.05, 0.1) is 11.6 Å². The first-order valence-electron chi connectivity index (χ1n) is 5.82. The van der Waals surface area contributed by atoms with E-state index in [9.17, 15) is 0 Å². The Morgan fingerprint density at radius 1 is 1.17 bits per heavy atom. The van der Waals surface area contributed by atoms with Crippen LogP contribution in [-0.4, -0.2) is 9.97 Å². The Balaban J connectivity index is 1.95. The van der Waals surface area contributed by atoms with Crippen LogP contribution in [0.15, 0.2) is 48.4 Å². The van der Waals surface area contributed by atoms with Gasteiger partial charge in [-0.15, -0.1) is 11.3 Å². The van der Waals surface area contributed by atoms with Crippen LogP contribution >= 0.6 is 11.3 Å². The van der Waals surface area contributed by atoms with Crippen LogP contribution < -0.4 is 5.32 Å². The maximum Gasteiger partial charge on any atom is 0.0795 e. The summed E-state index contributed by atoms with van der Waals surface area (Å²) < 4.78 is 0. The van der Waals surface area contributed by atoms with Gasteiger partial charge in [0.2, 0.25) is 0 Å². The molecule has 0 spiro atoms. The van der Waals surface area contributed by atoms with Gasteiger partial charge in [0.15, 0.2) is 0 Å². The van der Waals surface area contributed by atoms with Gasteiger partial charge in [-0.3, -0.25) is 9.97 Å². The molecule has 3 aromatic rings. The van der Waals surface area contributed by atoms with Crippen molar-refractivity contribution < 1.29 is 0 Å². The van der Waals surface area contributed by atoms with Gasteiger partial charge in [0.1, 0.15) is 0 Å². The van der Waals surface area contributed by atoms with Crippen LogP contribution in [0.25, 0.3) is 10.8 Å². The number of anilines is 1. The van der Waals surface area contributed by atoms with Crippen molar-refractivity contribution in [3.8, 4) is 0 Å². The highest BCUT2D eigenvalue weighted by atomic mass is 32.1. The van der Waals surface area contributed by atoms with E-state index >= 15 is 0 Å². The van der Waals surface area contributed by atoms with Crippen molar-refractivity contribution in [2.45, 2.75) is 13.0 Å². The van der Waals surface area contributed by atoms with Crippen LogP contribution in [0.3, 0.4) is 0 Å². The average Bonchev–Trinajstić information content (AvgIpc) is 2.93. The van der Waals surface area contributed by atoms with Gasteiger partial charge in [-0.1, -0.05) is 12.1 Å². The Hall–Kier alpha value is -1.94. The summed E-state index contributed by atoms with van der Waals surface area (Å²) in [6, 6.07) is 8.52. The summed E-state index contributed by atoms with van der Waals surface area (Å²) in [6.45, 7) is 2.14. The van der Waals surface area contributed by atoms with E-state index < -0.39 is 0 Å². The number of rotatable bonds is 3. The van der Waals surface area contributed by atoms with Crippen molar-refractivity contribution in [1.29, 1.82) is 0 Å². The summed E-state index contributed by atoms with van der Waals surface area (Å²) in [5.74, 6) is 0. The first-order chi connectivity index (χ1) is 8.84. The number of nitrogens with one attached hydrogen (secondary N) is 1. The molecule has 0 aliphatic carbocycles. The maximum atomic E-state index is 4.19. The van der Waals surface area contributed by atoms with Gasteiger partial charge in [0.25, 0.3) is 0 Å². The quantitative estimate of drug-likeness (QED) is 0.772. The SMILES string of the molecule is CC(Nc1cccc2ccncc12)c1cncs1. The van der Waals surface area contributed by atoms with E-state index in [2.05, 4.69) is 40.4 Å². The molecular formula is C14H13N3S. The molecule has 0 amide bonds. The van der Waals surface area contributed by atoms with Crippen LogP contribution in [0.4, 0.5) is 5.69 Å². The van der Waals surface area contributed by atoms with Crippen molar-refractivity contribution in [3.63, 3.8) is 0 Å². The van der Waals surface area contributed by atoms with Crippen molar-refractivity contribution in [2.75, 3.05) is 5.32 Å². The fourth-order valence-corrected chi connectivity index (χ4v) is 2.61. The second-order valence-electron chi connectivity index (χ2n) is 4.17. The largest absolute Gasteiger partial charge is 0.377 e. The first kappa shape index (κ1) is 11.2. The number of nitrogens with zero attached hydrogens (tertiary/aromatic N) is 2. The number of hydrogen-bond donors (Lipinski definition) is 1. The normalized spacial score (nSPS) is 12.5. The van der Waals surface area contributed by atoms with E-state index in [0.717, 1.165) is 11.1 Å². The molecular weight excluding hydrogens is 242 g/mol. The third-order valence-corrected chi connectivity index (χ3v) is 3.89. The van der Waals surface area contributed by atoms with E-state index in [-0.39, 0.29) is 6.04 Å². The second kappa shape index (κ2) is 4.74. The van der Waals surface area contributed by atoms with Crippen molar-refractivity contribution in [1.82, 2.24) is 9.97 Å². The minimum atomic E-state index is 0.253. The molecule has 0 aliphatic rings. The van der Waals surface area contributed by atoms with E-state index in [1.807, 2.05) is 30.2 Å². The molecule has 1 atom stereocenters. The number of benzene rings is 1.